The third-order valence-electron chi connectivity index (χ3n) is 6.30. The molecule has 0 heterocycles. The summed E-state index contributed by atoms with van der Waals surface area (Å²) in [4.78, 5) is 12.9. The molecule has 0 fully saturated rings. The number of carboxylic acids is 1. The molecule has 0 rings (SSSR count). The van der Waals surface area contributed by atoms with E-state index >= 15 is 0 Å². The van der Waals surface area contributed by atoms with Gasteiger partial charge < -0.3 is 69.8 Å². The van der Waals surface area contributed by atoms with Gasteiger partial charge in [0.05, 0.1) is 79.3 Å². The third-order valence-corrected chi connectivity index (χ3v) is 6.30. The maximum atomic E-state index is 10.9. The summed E-state index contributed by atoms with van der Waals surface area (Å²) in [6.45, 7) is -1.53. The van der Waals surface area contributed by atoms with E-state index in [1.807, 2.05) is 0 Å². The zero-order valence-corrected chi connectivity index (χ0v) is 23.9. The molecule has 15 heteroatoms. The van der Waals surface area contributed by atoms with Gasteiger partial charge in [-0.05, 0) is 19.4 Å². The second-order valence-corrected chi connectivity index (χ2v) is 9.98. The second kappa shape index (κ2) is 26.6. The van der Waals surface area contributed by atoms with Crippen LogP contribution in [-0.2, 0) is 23.7 Å². The molecule has 9 N–H and O–H groups in total. The molecular formula is C26H53NO14. The SMILES string of the molecule is O=C(O)CCCCCN(CC(COC(CO)CO)COC(CO)CO)CC(COC(CO)CO)COC(CO)CO. The Balaban J connectivity index is 5.71. The average molecular weight is 604 g/mol. The van der Waals surface area contributed by atoms with Crippen LogP contribution in [0.15, 0.2) is 0 Å². The number of aliphatic hydroxyl groups excluding tert-OH is 8. The van der Waals surface area contributed by atoms with Crippen molar-refractivity contribution in [3.63, 3.8) is 0 Å². The topological polar surface area (TPSA) is 239 Å². The van der Waals surface area contributed by atoms with Crippen LogP contribution in [0.4, 0.5) is 0 Å². The van der Waals surface area contributed by atoms with Gasteiger partial charge >= 0.3 is 5.97 Å². The molecule has 0 radical (unpaired) electrons. The van der Waals surface area contributed by atoms with Crippen molar-refractivity contribution in [3.8, 4) is 0 Å². The van der Waals surface area contributed by atoms with Gasteiger partial charge in [-0.15, -0.1) is 0 Å². The number of hydrogen-bond donors (Lipinski definition) is 9. The molecule has 0 aromatic rings. The molecule has 0 amide bonds. The van der Waals surface area contributed by atoms with Gasteiger partial charge in [0.1, 0.15) is 24.4 Å². The fourth-order valence-electron chi connectivity index (χ4n) is 3.82. The van der Waals surface area contributed by atoms with E-state index in [-0.39, 0.29) is 44.7 Å². The highest BCUT2D eigenvalue weighted by molar-refractivity contribution is 5.66. The number of aliphatic carboxylic acids is 1. The Kier molecular flexibility index (Phi) is 25.9. The molecule has 0 spiro atoms. The van der Waals surface area contributed by atoms with Crippen LogP contribution in [0.1, 0.15) is 25.7 Å². The normalized spacial score (nSPS) is 12.5. The van der Waals surface area contributed by atoms with E-state index in [9.17, 15) is 45.6 Å². The van der Waals surface area contributed by atoms with E-state index < -0.39 is 83.2 Å². The molecule has 0 saturated carbocycles. The van der Waals surface area contributed by atoms with Crippen LogP contribution in [0.3, 0.4) is 0 Å². The average Bonchev–Trinajstić information content (AvgIpc) is 2.98. The molecule has 0 unspecified atom stereocenters. The molecule has 0 bridgehead atoms. The molecule has 0 aliphatic carbocycles. The molecule has 0 aromatic carbocycles. The quantitative estimate of drug-likeness (QED) is 0.0364. The molecule has 41 heavy (non-hydrogen) atoms. The lowest BCUT2D eigenvalue weighted by Gasteiger charge is -2.32. The maximum Gasteiger partial charge on any atom is 0.303 e. The maximum absolute atomic E-state index is 10.9. The lowest BCUT2D eigenvalue weighted by atomic mass is 10.1. The van der Waals surface area contributed by atoms with Crippen molar-refractivity contribution in [3.05, 3.63) is 0 Å². The number of ether oxygens (including phenoxy) is 4. The number of carboxylic acid groups (broad SMARTS) is 1. The van der Waals surface area contributed by atoms with E-state index in [1.165, 1.54) is 0 Å². The molecule has 0 aliphatic rings. The van der Waals surface area contributed by atoms with Gasteiger partial charge in [-0.3, -0.25) is 4.79 Å². The predicted octanol–water partition coefficient (Wildman–Crippen LogP) is -3.35. The van der Waals surface area contributed by atoms with E-state index in [2.05, 4.69) is 4.90 Å². The zero-order chi connectivity index (χ0) is 30.9. The molecule has 246 valence electrons. The highest BCUT2D eigenvalue weighted by Gasteiger charge is 2.23. The summed E-state index contributed by atoms with van der Waals surface area (Å²) in [5.74, 6) is -1.54. The van der Waals surface area contributed by atoms with Crippen molar-refractivity contribution in [1.82, 2.24) is 4.90 Å². The minimum atomic E-state index is -0.875. The van der Waals surface area contributed by atoms with Crippen LogP contribution in [0.25, 0.3) is 0 Å². The summed E-state index contributed by atoms with van der Waals surface area (Å²) in [5.41, 5.74) is 0. The number of nitrogens with zero attached hydrogens (tertiary/aromatic N) is 1. The van der Waals surface area contributed by atoms with Gasteiger partial charge in [-0.1, -0.05) is 6.42 Å². The van der Waals surface area contributed by atoms with Crippen molar-refractivity contribution in [2.45, 2.75) is 50.1 Å². The molecule has 0 aromatic heterocycles. The first kappa shape index (κ1) is 40.0. The highest BCUT2D eigenvalue weighted by atomic mass is 16.5. The minimum absolute atomic E-state index is 0.0510. The fraction of sp³-hybridized carbons (Fsp3) is 0.962. The molecular weight excluding hydrogens is 550 g/mol. The highest BCUT2D eigenvalue weighted by Crippen LogP contribution is 2.14. The Hall–Kier alpha value is -1.05. The van der Waals surface area contributed by atoms with Crippen LogP contribution in [-0.4, -0.2) is 180 Å². The standard InChI is InChI=1S/C26H53NO14/c28-8-22(9-29)38-16-20(17-39-23(10-30)11-31)6-27(5-3-1-2-4-26(36)37)7-21(18-40-24(12-32)13-33)19-41-25(14-34)15-35/h20-25,28-35H,1-19H2,(H,36,37). The lowest BCUT2D eigenvalue weighted by molar-refractivity contribution is -0.137. The Bertz CT molecular complexity index is 519. The van der Waals surface area contributed by atoms with Crippen molar-refractivity contribution >= 4 is 5.97 Å². The van der Waals surface area contributed by atoms with E-state index in [0.29, 0.717) is 38.9 Å². The van der Waals surface area contributed by atoms with Crippen molar-refractivity contribution in [2.75, 3.05) is 98.9 Å². The smallest absolute Gasteiger partial charge is 0.303 e. The summed E-state index contributed by atoms with van der Waals surface area (Å²) in [6.07, 6.45) is -1.33. The molecule has 0 saturated heterocycles. The minimum Gasteiger partial charge on any atom is -0.481 e. The summed E-state index contributed by atoms with van der Waals surface area (Å²) in [7, 11) is 0. The Morgan fingerprint density at radius 2 is 0.829 bits per heavy atom. The van der Waals surface area contributed by atoms with Crippen molar-refractivity contribution in [2.24, 2.45) is 11.8 Å². The monoisotopic (exact) mass is 603 g/mol. The largest absolute Gasteiger partial charge is 0.481 e. The van der Waals surface area contributed by atoms with Crippen LogP contribution >= 0.6 is 0 Å². The van der Waals surface area contributed by atoms with Crippen LogP contribution in [0.2, 0.25) is 0 Å². The number of hydrogen-bond acceptors (Lipinski definition) is 14. The first-order valence-corrected chi connectivity index (χ1v) is 14.1. The summed E-state index contributed by atoms with van der Waals surface area (Å²) < 4.78 is 22.5. The molecule has 0 aliphatic heterocycles. The molecule has 15 nitrogen and oxygen atoms in total. The summed E-state index contributed by atoms with van der Waals surface area (Å²) in [6, 6.07) is 0. The Morgan fingerprint density at radius 3 is 1.10 bits per heavy atom. The Labute approximate surface area is 241 Å². The zero-order valence-electron chi connectivity index (χ0n) is 23.9. The number of unbranched alkanes of at least 4 members (excludes halogenated alkanes) is 2. The van der Waals surface area contributed by atoms with Gasteiger partial charge in [-0.2, -0.15) is 0 Å². The number of rotatable bonds is 30. The van der Waals surface area contributed by atoms with Gasteiger partial charge in [0.25, 0.3) is 0 Å². The number of aliphatic hydroxyl groups is 8. The Morgan fingerprint density at radius 1 is 0.512 bits per heavy atom. The predicted molar refractivity (Wildman–Crippen MR) is 145 cm³/mol. The van der Waals surface area contributed by atoms with Crippen LogP contribution in [0.5, 0.6) is 0 Å². The number of carbonyl (C=O) groups is 1. The van der Waals surface area contributed by atoms with Crippen LogP contribution in [0, 0.1) is 11.8 Å². The van der Waals surface area contributed by atoms with Gasteiger partial charge in [0, 0.05) is 31.3 Å². The van der Waals surface area contributed by atoms with E-state index in [1.54, 1.807) is 0 Å². The lowest BCUT2D eigenvalue weighted by Crippen LogP contribution is -2.42. The van der Waals surface area contributed by atoms with Crippen LogP contribution < -0.4 is 0 Å². The van der Waals surface area contributed by atoms with Crippen molar-refractivity contribution in [1.29, 1.82) is 0 Å². The second-order valence-electron chi connectivity index (χ2n) is 9.98. The summed E-state index contributed by atoms with van der Waals surface area (Å²) >= 11 is 0. The van der Waals surface area contributed by atoms with E-state index in [0.717, 1.165) is 0 Å². The third kappa shape index (κ3) is 20.5. The van der Waals surface area contributed by atoms with E-state index in [4.69, 9.17) is 24.1 Å². The van der Waals surface area contributed by atoms with Gasteiger partial charge in [0.2, 0.25) is 0 Å². The molecule has 0 atom stereocenters. The first-order valence-electron chi connectivity index (χ1n) is 14.1. The van der Waals surface area contributed by atoms with Gasteiger partial charge in [0.15, 0.2) is 0 Å². The van der Waals surface area contributed by atoms with Gasteiger partial charge in [-0.25, -0.2) is 0 Å². The first-order chi connectivity index (χ1) is 19.8. The fourth-order valence-corrected chi connectivity index (χ4v) is 3.82. The summed E-state index contributed by atoms with van der Waals surface area (Å²) in [5, 5.41) is 84.1. The van der Waals surface area contributed by atoms with Crippen molar-refractivity contribution < 1.29 is 69.7 Å².